The molecule has 0 spiro atoms. The van der Waals surface area contributed by atoms with Crippen LogP contribution in [0, 0.1) is 0 Å². The van der Waals surface area contributed by atoms with Gasteiger partial charge in [-0.2, -0.15) is 0 Å². The quantitative estimate of drug-likeness (QED) is 0.618. The zero-order chi connectivity index (χ0) is 9.14. The van der Waals surface area contributed by atoms with Crippen LogP contribution in [0.1, 0.15) is 10.4 Å². The lowest BCUT2D eigenvalue weighted by molar-refractivity contribution is -0.268. The van der Waals surface area contributed by atoms with E-state index >= 15 is 0 Å². The van der Waals surface area contributed by atoms with Crippen LogP contribution in [0.4, 0.5) is 0 Å². The summed E-state index contributed by atoms with van der Waals surface area (Å²) in [6.45, 7) is 0. The largest absolute Gasteiger partial charge is 0.871 e. The van der Waals surface area contributed by atoms with Crippen molar-refractivity contribution in [2.75, 3.05) is 7.11 Å². The van der Waals surface area contributed by atoms with E-state index in [9.17, 15) is 9.90 Å². The zero-order valence-electron chi connectivity index (χ0n) is 6.33. The van der Waals surface area contributed by atoms with Crippen LogP contribution in [0.25, 0.3) is 0 Å². The van der Waals surface area contributed by atoms with Gasteiger partial charge in [0, 0.05) is 5.02 Å². The first-order valence-electron chi connectivity index (χ1n) is 3.20. The molecule has 0 saturated heterocycles. The summed E-state index contributed by atoms with van der Waals surface area (Å²) in [5, 5.41) is 11.0. The molecule has 0 unspecified atom stereocenters. The first kappa shape index (κ1) is 8.87. The Morgan fingerprint density at radius 1 is 1.58 bits per heavy atom. The number of ether oxygens (including phenoxy) is 1. The van der Waals surface area contributed by atoms with Crippen LogP contribution in [0.15, 0.2) is 18.2 Å². The number of methoxy groups -OCH3 is 1. The van der Waals surface area contributed by atoms with Gasteiger partial charge in [-0.15, -0.1) is 0 Å². The highest BCUT2D eigenvalue weighted by Gasteiger charge is 2.03. The van der Waals surface area contributed by atoms with Gasteiger partial charge < -0.3 is 9.84 Å². The second-order valence-corrected chi connectivity index (χ2v) is 2.54. The highest BCUT2D eigenvalue weighted by molar-refractivity contribution is 6.32. The van der Waals surface area contributed by atoms with Gasteiger partial charge in [-0.25, -0.2) is 4.79 Å². The Bertz CT molecular complexity index is 309. The third kappa shape index (κ3) is 1.68. The van der Waals surface area contributed by atoms with Crippen molar-refractivity contribution < 1.29 is 14.6 Å². The molecular weight excluding hydrogens is 180 g/mol. The topological polar surface area (TPSA) is 49.4 Å². The minimum Gasteiger partial charge on any atom is -0.871 e. The Balaban J connectivity index is 3.05. The fraction of sp³-hybridized carbons (Fsp3) is 0.125. The molecule has 4 heteroatoms. The number of esters is 1. The molecule has 0 aromatic heterocycles. The second kappa shape index (κ2) is 3.45. The Morgan fingerprint density at radius 3 is 2.75 bits per heavy atom. The van der Waals surface area contributed by atoms with Gasteiger partial charge in [0.15, 0.2) is 0 Å². The predicted molar refractivity (Wildman–Crippen MR) is 42.2 cm³/mol. The van der Waals surface area contributed by atoms with E-state index in [0.717, 1.165) is 6.07 Å². The molecule has 3 nitrogen and oxygen atoms in total. The molecule has 0 amide bonds. The van der Waals surface area contributed by atoms with Gasteiger partial charge in [-0.3, -0.25) is 0 Å². The molecule has 0 atom stereocenters. The number of hydrogen-bond donors (Lipinski definition) is 0. The molecule has 64 valence electrons. The Morgan fingerprint density at radius 2 is 2.25 bits per heavy atom. The number of rotatable bonds is 1. The van der Waals surface area contributed by atoms with Crippen LogP contribution in [-0.2, 0) is 4.74 Å². The lowest BCUT2D eigenvalue weighted by Crippen LogP contribution is -2.02. The highest BCUT2D eigenvalue weighted by atomic mass is 35.5. The summed E-state index contributed by atoms with van der Waals surface area (Å²) in [6.07, 6.45) is 0. The summed E-state index contributed by atoms with van der Waals surface area (Å²) in [7, 11) is 1.25. The van der Waals surface area contributed by atoms with Gasteiger partial charge in [0.05, 0.1) is 12.7 Å². The Labute approximate surface area is 74.5 Å². The van der Waals surface area contributed by atoms with E-state index in [1.54, 1.807) is 0 Å². The monoisotopic (exact) mass is 185 g/mol. The van der Waals surface area contributed by atoms with Crippen molar-refractivity contribution in [3.63, 3.8) is 0 Å². The van der Waals surface area contributed by atoms with Gasteiger partial charge >= 0.3 is 5.97 Å². The lowest BCUT2D eigenvalue weighted by Gasteiger charge is -2.08. The van der Waals surface area contributed by atoms with Crippen LogP contribution in [-0.4, -0.2) is 13.1 Å². The van der Waals surface area contributed by atoms with Crippen LogP contribution in [0.5, 0.6) is 5.75 Å². The fourth-order valence-electron chi connectivity index (χ4n) is 0.748. The summed E-state index contributed by atoms with van der Waals surface area (Å²) in [5.74, 6) is -0.914. The van der Waals surface area contributed by atoms with E-state index in [-0.39, 0.29) is 16.3 Å². The standard InChI is InChI=1S/C8H7ClO3/c1-12-8(11)5-2-3-6(9)7(10)4-5/h2-4,10H,1H3/p-1. The maximum absolute atomic E-state index is 10.9. The molecule has 1 aromatic rings. The van der Waals surface area contributed by atoms with Crippen LogP contribution in [0.2, 0.25) is 5.02 Å². The molecule has 0 bridgehead atoms. The summed E-state index contributed by atoms with van der Waals surface area (Å²) in [4.78, 5) is 10.9. The van der Waals surface area contributed by atoms with E-state index in [2.05, 4.69) is 4.74 Å². The fourth-order valence-corrected chi connectivity index (χ4v) is 0.866. The van der Waals surface area contributed by atoms with E-state index in [4.69, 9.17) is 11.6 Å². The van der Waals surface area contributed by atoms with Crippen LogP contribution >= 0.6 is 11.6 Å². The van der Waals surface area contributed by atoms with Crippen molar-refractivity contribution in [1.29, 1.82) is 0 Å². The third-order valence-electron chi connectivity index (χ3n) is 1.35. The molecule has 1 aromatic carbocycles. The predicted octanol–water partition coefficient (Wildman–Crippen LogP) is 1.20. The number of benzene rings is 1. The molecule has 0 heterocycles. The van der Waals surface area contributed by atoms with Crippen molar-refractivity contribution in [3.05, 3.63) is 28.8 Å². The Hall–Kier alpha value is -1.22. The molecule has 0 aliphatic rings. The lowest BCUT2D eigenvalue weighted by atomic mass is 10.2. The van der Waals surface area contributed by atoms with Gasteiger partial charge in [-0.05, 0) is 12.1 Å². The molecule has 0 aliphatic heterocycles. The molecule has 0 fully saturated rings. The maximum atomic E-state index is 10.9. The summed E-state index contributed by atoms with van der Waals surface area (Å²) in [6, 6.07) is 3.96. The summed E-state index contributed by atoms with van der Waals surface area (Å²) < 4.78 is 4.41. The summed E-state index contributed by atoms with van der Waals surface area (Å²) in [5.41, 5.74) is 0.215. The normalized spacial score (nSPS) is 9.50. The second-order valence-electron chi connectivity index (χ2n) is 2.14. The molecule has 0 radical (unpaired) electrons. The smallest absolute Gasteiger partial charge is 0.337 e. The van der Waals surface area contributed by atoms with Crippen molar-refractivity contribution in [2.45, 2.75) is 0 Å². The molecule has 0 saturated carbocycles. The van der Waals surface area contributed by atoms with Crippen molar-refractivity contribution >= 4 is 17.6 Å². The van der Waals surface area contributed by atoms with E-state index in [1.807, 2.05) is 0 Å². The molecule has 0 N–H and O–H groups in total. The first-order chi connectivity index (χ1) is 5.65. The summed E-state index contributed by atoms with van der Waals surface area (Å²) >= 11 is 5.46. The molecular formula is C8H6ClO3-. The van der Waals surface area contributed by atoms with E-state index < -0.39 is 5.97 Å². The number of hydrogen-bond acceptors (Lipinski definition) is 3. The van der Waals surface area contributed by atoms with Crippen molar-refractivity contribution in [2.24, 2.45) is 0 Å². The average Bonchev–Trinajstić information content (AvgIpc) is 2.08. The van der Waals surface area contributed by atoms with Gasteiger partial charge in [-0.1, -0.05) is 23.4 Å². The Kier molecular flexibility index (Phi) is 2.55. The van der Waals surface area contributed by atoms with Gasteiger partial charge in [0.1, 0.15) is 0 Å². The minimum atomic E-state index is -0.538. The van der Waals surface area contributed by atoms with E-state index in [1.165, 1.54) is 19.2 Å². The van der Waals surface area contributed by atoms with Gasteiger partial charge in [0.25, 0.3) is 0 Å². The molecule has 0 aliphatic carbocycles. The zero-order valence-corrected chi connectivity index (χ0v) is 7.09. The number of carbonyl (C=O) groups excluding carboxylic acids is 1. The van der Waals surface area contributed by atoms with Crippen LogP contribution in [0.3, 0.4) is 0 Å². The average molecular weight is 186 g/mol. The first-order valence-corrected chi connectivity index (χ1v) is 3.58. The number of carbonyl (C=O) groups is 1. The minimum absolute atomic E-state index is 0.0997. The highest BCUT2D eigenvalue weighted by Crippen LogP contribution is 2.21. The maximum Gasteiger partial charge on any atom is 0.337 e. The van der Waals surface area contributed by atoms with Crippen molar-refractivity contribution in [1.82, 2.24) is 0 Å². The SMILES string of the molecule is COC(=O)c1ccc(Cl)c([O-])c1. The number of halogens is 1. The van der Waals surface area contributed by atoms with Crippen molar-refractivity contribution in [3.8, 4) is 5.75 Å². The van der Waals surface area contributed by atoms with Gasteiger partial charge in [0.2, 0.25) is 0 Å². The van der Waals surface area contributed by atoms with Crippen LogP contribution < -0.4 is 5.11 Å². The third-order valence-corrected chi connectivity index (χ3v) is 1.66. The molecule has 1 rings (SSSR count). The molecule has 12 heavy (non-hydrogen) atoms. The van der Waals surface area contributed by atoms with E-state index in [0.29, 0.717) is 0 Å².